The fourth-order valence-corrected chi connectivity index (χ4v) is 1.20. The van der Waals surface area contributed by atoms with Gasteiger partial charge in [-0.05, 0) is 26.1 Å². The van der Waals surface area contributed by atoms with Crippen LogP contribution in [0, 0.1) is 6.42 Å². The maximum Gasteiger partial charge on any atom is 0.296 e. The van der Waals surface area contributed by atoms with E-state index in [1.807, 2.05) is 26.6 Å². The van der Waals surface area contributed by atoms with Gasteiger partial charge in [0.25, 0.3) is 5.97 Å². The van der Waals surface area contributed by atoms with Gasteiger partial charge in [-0.3, -0.25) is 4.79 Å². The summed E-state index contributed by atoms with van der Waals surface area (Å²) in [6, 6.07) is 0. The van der Waals surface area contributed by atoms with E-state index < -0.39 is 8.32 Å². The fraction of sp³-hybridized carbons (Fsp3) is 0.714. The predicted octanol–water partition coefficient (Wildman–Crippen LogP) is 1.98. The minimum Gasteiger partial charge on any atom is -0.520 e. The van der Waals surface area contributed by atoms with Gasteiger partial charge in [0.15, 0.2) is 0 Å². The van der Waals surface area contributed by atoms with Crippen molar-refractivity contribution >= 4 is 14.3 Å². The second-order valence-electron chi connectivity index (χ2n) is 3.15. The van der Waals surface area contributed by atoms with E-state index in [-0.39, 0.29) is 5.97 Å². The zero-order valence-electron chi connectivity index (χ0n) is 7.10. The van der Waals surface area contributed by atoms with E-state index in [1.54, 1.807) is 6.42 Å². The molecule has 0 aromatic carbocycles. The minimum absolute atomic E-state index is 0.165. The average molecular weight is 159 g/mol. The molecule has 0 atom stereocenters. The molecule has 0 saturated heterocycles. The lowest BCUT2D eigenvalue weighted by Crippen LogP contribution is -2.29. The number of rotatable bonds is 3. The van der Waals surface area contributed by atoms with Gasteiger partial charge in [-0.25, -0.2) is 0 Å². The third kappa shape index (κ3) is 5.82. The Bertz CT molecular complexity index is 115. The van der Waals surface area contributed by atoms with Crippen molar-refractivity contribution in [2.24, 2.45) is 0 Å². The van der Waals surface area contributed by atoms with Crippen LogP contribution in [-0.2, 0) is 9.22 Å². The summed E-state index contributed by atoms with van der Waals surface area (Å²) in [5.41, 5.74) is 0. The molecule has 0 aliphatic rings. The molecule has 0 aliphatic carbocycles. The largest absolute Gasteiger partial charge is 0.520 e. The molecule has 0 rings (SSSR count). The molecular weight excluding hydrogens is 144 g/mol. The first kappa shape index (κ1) is 9.69. The monoisotopic (exact) mass is 159 g/mol. The fourth-order valence-electron chi connectivity index (χ4n) is 0.510. The van der Waals surface area contributed by atoms with Crippen LogP contribution in [0.25, 0.3) is 0 Å². The molecule has 0 bridgehead atoms. The summed E-state index contributed by atoms with van der Waals surface area (Å²) in [5.74, 6) is -0.165. The summed E-state index contributed by atoms with van der Waals surface area (Å²) in [5, 5.41) is 0. The third-order valence-electron chi connectivity index (χ3n) is 0.778. The van der Waals surface area contributed by atoms with Gasteiger partial charge in [0, 0.05) is 0 Å². The molecule has 0 fully saturated rings. The second-order valence-corrected chi connectivity index (χ2v) is 7.57. The van der Waals surface area contributed by atoms with Gasteiger partial charge in [-0.15, -0.1) is 0 Å². The quantitative estimate of drug-likeness (QED) is 0.589. The van der Waals surface area contributed by atoms with Crippen molar-refractivity contribution in [3.05, 3.63) is 6.42 Å². The number of hydrogen-bond donors (Lipinski definition) is 0. The van der Waals surface area contributed by atoms with Gasteiger partial charge < -0.3 is 4.43 Å². The topological polar surface area (TPSA) is 26.3 Å². The van der Waals surface area contributed by atoms with Crippen molar-refractivity contribution in [2.75, 3.05) is 0 Å². The molecule has 3 heteroatoms. The van der Waals surface area contributed by atoms with Gasteiger partial charge in [-0.1, -0.05) is 6.92 Å². The summed E-state index contributed by atoms with van der Waals surface area (Å²) >= 11 is 0. The lowest BCUT2D eigenvalue weighted by atomic mass is 10.4. The van der Waals surface area contributed by atoms with Crippen LogP contribution < -0.4 is 0 Å². The second kappa shape index (κ2) is 3.76. The first-order chi connectivity index (χ1) is 4.45. The van der Waals surface area contributed by atoms with Crippen LogP contribution >= 0.6 is 0 Å². The summed E-state index contributed by atoms with van der Waals surface area (Å²) in [6.45, 7) is 7.91. The van der Waals surface area contributed by atoms with E-state index in [0.717, 1.165) is 6.42 Å². The maximum absolute atomic E-state index is 10.8. The maximum atomic E-state index is 10.8. The standard InChI is InChI=1S/C7H15O2Si/c1-5-6-7(8)9-10(2,3)4/h6H,5H2,1-4H3. The SMILES string of the molecule is CC[CH]C(=O)O[Si](C)(C)C. The minimum atomic E-state index is -1.64. The summed E-state index contributed by atoms with van der Waals surface area (Å²) in [6.07, 6.45) is 2.32. The highest BCUT2D eigenvalue weighted by Crippen LogP contribution is 2.04. The smallest absolute Gasteiger partial charge is 0.296 e. The van der Waals surface area contributed by atoms with E-state index >= 15 is 0 Å². The van der Waals surface area contributed by atoms with Gasteiger partial charge >= 0.3 is 0 Å². The van der Waals surface area contributed by atoms with E-state index in [1.165, 1.54) is 0 Å². The predicted molar refractivity (Wildman–Crippen MR) is 44.0 cm³/mol. The Morgan fingerprint density at radius 2 is 2.00 bits per heavy atom. The van der Waals surface area contributed by atoms with Gasteiger partial charge in [0.05, 0.1) is 6.42 Å². The summed E-state index contributed by atoms with van der Waals surface area (Å²) in [7, 11) is -1.64. The highest BCUT2D eigenvalue weighted by Gasteiger charge is 2.18. The molecule has 0 aromatic heterocycles. The van der Waals surface area contributed by atoms with Crippen molar-refractivity contribution in [1.29, 1.82) is 0 Å². The Morgan fingerprint density at radius 1 is 1.50 bits per heavy atom. The molecule has 0 N–H and O–H groups in total. The number of hydrogen-bond acceptors (Lipinski definition) is 2. The van der Waals surface area contributed by atoms with E-state index in [9.17, 15) is 4.79 Å². The van der Waals surface area contributed by atoms with E-state index in [4.69, 9.17) is 4.43 Å². The molecule has 0 amide bonds. The van der Waals surface area contributed by atoms with Crippen molar-refractivity contribution in [3.63, 3.8) is 0 Å². The highest BCUT2D eigenvalue weighted by molar-refractivity contribution is 6.71. The number of carbonyl (C=O) groups excluding carboxylic acids is 1. The van der Waals surface area contributed by atoms with E-state index in [0.29, 0.717) is 0 Å². The first-order valence-electron chi connectivity index (χ1n) is 3.52. The van der Waals surface area contributed by atoms with Crippen LogP contribution in [-0.4, -0.2) is 14.3 Å². The molecule has 0 saturated carbocycles. The molecule has 10 heavy (non-hydrogen) atoms. The van der Waals surface area contributed by atoms with Crippen LogP contribution in [0.3, 0.4) is 0 Å². The summed E-state index contributed by atoms with van der Waals surface area (Å²) in [4.78, 5) is 10.8. The van der Waals surface area contributed by atoms with Gasteiger partial charge in [0.2, 0.25) is 8.32 Å². The average Bonchev–Trinajstić information content (AvgIpc) is 1.59. The highest BCUT2D eigenvalue weighted by atomic mass is 28.4. The van der Waals surface area contributed by atoms with Crippen molar-refractivity contribution in [2.45, 2.75) is 33.0 Å². The van der Waals surface area contributed by atoms with Crippen molar-refractivity contribution in [1.82, 2.24) is 0 Å². The third-order valence-corrected chi connectivity index (χ3v) is 1.59. The Hall–Kier alpha value is -0.313. The zero-order chi connectivity index (χ0) is 8.20. The van der Waals surface area contributed by atoms with Crippen LogP contribution in [0.4, 0.5) is 0 Å². The van der Waals surface area contributed by atoms with E-state index in [2.05, 4.69) is 0 Å². The molecule has 0 aromatic rings. The Kier molecular flexibility index (Phi) is 3.64. The Morgan fingerprint density at radius 3 is 2.30 bits per heavy atom. The van der Waals surface area contributed by atoms with Crippen LogP contribution in [0.5, 0.6) is 0 Å². The van der Waals surface area contributed by atoms with Crippen LogP contribution in [0.15, 0.2) is 0 Å². The van der Waals surface area contributed by atoms with Crippen molar-refractivity contribution < 1.29 is 9.22 Å². The molecule has 59 valence electrons. The number of carbonyl (C=O) groups is 1. The van der Waals surface area contributed by atoms with Crippen LogP contribution in [0.2, 0.25) is 19.6 Å². The molecule has 0 heterocycles. The Balaban J connectivity index is 3.58. The molecular formula is C7H15O2Si. The Labute approximate surface area is 63.7 Å². The lowest BCUT2D eigenvalue weighted by Gasteiger charge is -2.16. The molecule has 0 aliphatic heterocycles. The summed E-state index contributed by atoms with van der Waals surface area (Å²) < 4.78 is 5.12. The lowest BCUT2D eigenvalue weighted by molar-refractivity contribution is -0.131. The zero-order valence-corrected chi connectivity index (χ0v) is 8.10. The molecule has 0 spiro atoms. The molecule has 2 nitrogen and oxygen atoms in total. The van der Waals surface area contributed by atoms with Crippen LogP contribution in [0.1, 0.15) is 13.3 Å². The van der Waals surface area contributed by atoms with Gasteiger partial charge in [-0.2, -0.15) is 0 Å². The first-order valence-corrected chi connectivity index (χ1v) is 6.92. The normalized spacial score (nSPS) is 11.2. The van der Waals surface area contributed by atoms with Crippen molar-refractivity contribution in [3.8, 4) is 0 Å². The molecule has 1 radical (unpaired) electrons. The molecule has 0 unspecified atom stereocenters. The van der Waals surface area contributed by atoms with Gasteiger partial charge in [0.1, 0.15) is 0 Å².